The standard InChI is InChI=1S/C43H37N7O/c1-2-3-23-40-44-29-36(28-38-37-21-13-14-22-39(37)45-42(38)51)49(40)30-31-24-26-32(27-25-31)41-46-48-50(47-41)43(33-15-7-4-8-16-33,34-17-9-5-10-18-34)35-19-11-6-12-20-35/h4-22,24-29H,2-3,23,30H2,1H3,(H,45,51). The second-order valence-electron chi connectivity index (χ2n) is 12.8. The first-order valence-corrected chi connectivity index (χ1v) is 17.4. The molecule has 1 amide bonds. The first kappa shape index (κ1) is 31.8. The van der Waals surface area contributed by atoms with E-state index in [9.17, 15) is 4.79 Å². The average Bonchev–Trinajstić information content (AvgIpc) is 3.91. The minimum Gasteiger partial charge on any atom is -0.324 e. The number of benzene rings is 5. The van der Waals surface area contributed by atoms with E-state index in [0.29, 0.717) is 17.9 Å². The van der Waals surface area contributed by atoms with Gasteiger partial charge in [0, 0.05) is 29.8 Å². The molecule has 250 valence electrons. The molecule has 8 nitrogen and oxygen atoms in total. The fourth-order valence-corrected chi connectivity index (χ4v) is 6.99. The number of nitrogens with zero attached hydrogens (tertiary/aromatic N) is 6. The number of para-hydroxylation sites is 1. The molecule has 3 heterocycles. The maximum Gasteiger partial charge on any atom is 0.256 e. The summed E-state index contributed by atoms with van der Waals surface area (Å²) in [6, 6.07) is 47.1. The van der Waals surface area contributed by atoms with Crippen molar-refractivity contribution in [2.24, 2.45) is 0 Å². The van der Waals surface area contributed by atoms with Crippen molar-refractivity contribution >= 4 is 23.2 Å². The van der Waals surface area contributed by atoms with Crippen LogP contribution in [0.4, 0.5) is 5.69 Å². The maximum atomic E-state index is 12.9. The molecule has 0 aliphatic carbocycles. The number of carbonyl (C=O) groups excluding carboxylic acids is 1. The molecule has 1 aliphatic rings. The summed E-state index contributed by atoms with van der Waals surface area (Å²) in [5.41, 5.74) is 7.52. The van der Waals surface area contributed by atoms with E-state index in [1.807, 2.05) is 103 Å². The summed E-state index contributed by atoms with van der Waals surface area (Å²) in [5, 5.41) is 17.4. The van der Waals surface area contributed by atoms with Gasteiger partial charge in [-0.3, -0.25) is 4.79 Å². The van der Waals surface area contributed by atoms with Gasteiger partial charge in [-0.15, -0.1) is 15.0 Å². The summed E-state index contributed by atoms with van der Waals surface area (Å²) in [6.07, 6.45) is 6.80. The van der Waals surface area contributed by atoms with Gasteiger partial charge in [-0.1, -0.05) is 147 Å². The number of hydrogen-bond acceptors (Lipinski definition) is 5. The zero-order valence-corrected chi connectivity index (χ0v) is 28.4. The first-order valence-electron chi connectivity index (χ1n) is 17.4. The molecule has 0 unspecified atom stereocenters. The van der Waals surface area contributed by atoms with E-state index < -0.39 is 5.54 Å². The molecule has 1 N–H and O–H groups in total. The molecule has 0 saturated heterocycles. The van der Waals surface area contributed by atoms with E-state index in [0.717, 1.165) is 69.8 Å². The molecule has 7 aromatic rings. The highest BCUT2D eigenvalue weighted by Gasteiger charge is 2.41. The van der Waals surface area contributed by atoms with Gasteiger partial charge in [0.25, 0.3) is 5.91 Å². The van der Waals surface area contributed by atoms with E-state index in [1.54, 1.807) is 4.80 Å². The number of nitrogens with one attached hydrogen (secondary N) is 1. The quantitative estimate of drug-likeness (QED) is 0.111. The van der Waals surface area contributed by atoms with Gasteiger partial charge < -0.3 is 9.88 Å². The third-order valence-electron chi connectivity index (χ3n) is 9.57. The lowest BCUT2D eigenvalue weighted by molar-refractivity contribution is -0.110. The smallest absolute Gasteiger partial charge is 0.256 e. The van der Waals surface area contributed by atoms with Gasteiger partial charge >= 0.3 is 0 Å². The van der Waals surface area contributed by atoms with Crippen molar-refractivity contribution in [3.63, 3.8) is 0 Å². The molecule has 2 aromatic heterocycles. The Morgan fingerprint density at radius 2 is 1.35 bits per heavy atom. The third-order valence-corrected chi connectivity index (χ3v) is 9.57. The van der Waals surface area contributed by atoms with Crippen molar-refractivity contribution in [1.29, 1.82) is 0 Å². The van der Waals surface area contributed by atoms with Crippen molar-refractivity contribution in [3.8, 4) is 11.4 Å². The molecule has 0 radical (unpaired) electrons. The van der Waals surface area contributed by atoms with Gasteiger partial charge in [0.15, 0.2) is 5.54 Å². The second-order valence-corrected chi connectivity index (χ2v) is 12.8. The van der Waals surface area contributed by atoms with Crippen LogP contribution in [0.25, 0.3) is 23.0 Å². The highest BCUT2D eigenvalue weighted by molar-refractivity contribution is 6.34. The highest BCUT2D eigenvalue weighted by Crippen LogP contribution is 2.40. The molecule has 0 spiro atoms. The van der Waals surface area contributed by atoms with Crippen LogP contribution in [-0.2, 0) is 23.3 Å². The summed E-state index contributed by atoms with van der Waals surface area (Å²) in [7, 11) is 0. The van der Waals surface area contributed by atoms with Gasteiger partial charge in [-0.25, -0.2) is 4.98 Å². The lowest BCUT2D eigenvalue weighted by atomic mass is 9.77. The van der Waals surface area contributed by atoms with E-state index in [1.165, 1.54) is 0 Å². The molecule has 0 fully saturated rings. The minimum atomic E-state index is -0.840. The number of anilines is 1. The largest absolute Gasteiger partial charge is 0.324 e. The highest BCUT2D eigenvalue weighted by atomic mass is 16.2. The first-order chi connectivity index (χ1) is 25.1. The molecule has 8 heteroatoms. The minimum absolute atomic E-state index is 0.0974. The van der Waals surface area contributed by atoms with Crippen molar-refractivity contribution in [2.45, 2.75) is 38.3 Å². The van der Waals surface area contributed by atoms with Crippen LogP contribution in [0.2, 0.25) is 0 Å². The van der Waals surface area contributed by atoms with Crippen LogP contribution in [0.1, 0.15) is 59.1 Å². The maximum absolute atomic E-state index is 12.9. The lowest BCUT2D eigenvalue weighted by Crippen LogP contribution is -2.39. The van der Waals surface area contributed by atoms with Crippen LogP contribution in [0.3, 0.4) is 0 Å². The Balaban J connectivity index is 1.14. The number of amides is 1. The number of carbonyl (C=O) groups is 1. The van der Waals surface area contributed by atoms with E-state index in [4.69, 9.17) is 15.3 Å². The zero-order valence-electron chi connectivity index (χ0n) is 28.4. The van der Waals surface area contributed by atoms with Crippen LogP contribution in [0.5, 0.6) is 0 Å². The molecule has 0 bridgehead atoms. The van der Waals surface area contributed by atoms with Gasteiger partial charge in [0.2, 0.25) is 5.82 Å². The second kappa shape index (κ2) is 13.8. The fraction of sp³-hybridized carbons (Fsp3) is 0.140. The number of fused-ring (bicyclic) bond motifs is 1. The number of imidazole rings is 1. The predicted molar refractivity (Wildman–Crippen MR) is 201 cm³/mol. The van der Waals surface area contributed by atoms with Gasteiger partial charge in [0.1, 0.15) is 5.82 Å². The Kier molecular flexibility index (Phi) is 8.64. The number of unbranched alkanes of at least 4 members (excludes halogenated alkanes) is 1. The molecule has 0 saturated carbocycles. The number of rotatable bonds is 11. The Morgan fingerprint density at radius 1 is 0.745 bits per heavy atom. The van der Waals surface area contributed by atoms with Gasteiger partial charge in [-0.05, 0) is 46.0 Å². The lowest BCUT2D eigenvalue weighted by Gasteiger charge is -2.34. The van der Waals surface area contributed by atoms with Crippen molar-refractivity contribution < 1.29 is 4.79 Å². The predicted octanol–water partition coefficient (Wildman–Crippen LogP) is 8.26. The summed E-state index contributed by atoms with van der Waals surface area (Å²) in [6.45, 7) is 2.80. The third kappa shape index (κ3) is 5.95. The number of hydrogen-bond donors (Lipinski definition) is 1. The van der Waals surface area contributed by atoms with Crippen LogP contribution >= 0.6 is 0 Å². The Labute approximate surface area is 297 Å². The van der Waals surface area contributed by atoms with Crippen LogP contribution in [0, 0.1) is 0 Å². The van der Waals surface area contributed by atoms with E-state index in [2.05, 4.69) is 70.4 Å². The normalized spacial score (nSPS) is 13.4. The Hall–Kier alpha value is -6.41. The van der Waals surface area contributed by atoms with Crippen molar-refractivity contribution in [2.75, 3.05) is 5.32 Å². The van der Waals surface area contributed by atoms with E-state index in [-0.39, 0.29) is 5.91 Å². The van der Waals surface area contributed by atoms with Crippen molar-refractivity contribution in [3.05, 3.63) is 185 Å². The summed E-state index contributed by atoms with van der Waals surface area (Å²) in [5.74, 6) is 1.44. The molecule has 8 rings (SSSR count). The summed E-state index contributed by atoms with van der Waals surface area (Å²) in [4.78, 5) is 19.5. The number of aromatic nitrogens is 6. The summed E-state index contributed by atoms with van der Waals surface area (Å²) >= 11 is 0. The molecule has 0 atom stereocenters. The number of aryl methyl sites for hydroxylation is 1. The van der Waals surface area contributed by atoms with Crippen molar-refractivity contribution in [1.82, 2.24) is 29.8 Å². The fourth-order valence-electron chi connectivity index (χ4n) is 6.99. The molecule has 1 aliphatic heterocycles. The summed E-state index contributed by atoms with van der Waals surface area (Å²) < 4.78 is 2.22. The van der Waals surface area contributed by atoms with Crippen LogP contribution in [0.15, 0.2) is 146 Å². The van der Waals surface area contributed by atoms with E-state index >= 15 is 0 Å². The van der Waals surface area contributed by atoms with Crippen LogP contribution in [-0.4, -0.2) is 35.7 Å². The average molecular weight is 668 g/mol. The molecular weight excluding hydrogens is 631 g/mol. The zero-order chi connectivity index (χ0) is 34.6. The monoisotopic (exact) mass is 667 g/mol. The van der Waals surface area contributed by atoms with Crippen LogP contribution < -0.4 is 5.32 Å². The SMILES string of the molecule is CCCCc1ncc(C=C2C(=O)Nc3ccccc32)n1Cc1ccc(-c2nnn(C(c3ccccc3)(c3ccccc3)c3ccccc3)n2)cc1. The topological polar surface area (TPSA) is 90.5 Å². The Bertz CT molecular complexity index is 2210. The number of tetrazole rings is 1. The molecule has 5 aromatic carbocycles. The van der Waals surface area contributed by atoms with Gasteiger partial charge in [0.05, 0.1) is 17.5 Å². The van der Waals surface area contributed by atoms with Gasteiger partial charge in [-0.2, -0.15) is 0 Å². The molecule has 51 heavy (non-hydrogen) atoms. The molecular formula is C43H37N7O. The Morgan fingerprint density at radius 3 is 1.98 bits per heavy atom.